The van der Waals surface area contributed by atoms with Gasteiger partial charge in [-0.25, -0.2) is 0 Å². The first-order valence-corrected chi connectivity index (χ1v) is 7.36. The molecule has 2 rings (SSSR count). The molecule has 0 aromatic heterocycles. The smallest absolute Gasteiger partial charge is 0.0977 e. The molecule has 0 amide bonds. The maximum atomic E-state index is 9.04. The Labute approximate surface area is 111 Å². The monoisotopic (exact) mass is 250 g/mol. The SMILES string of the molecule is CC1(C)CCC(OCCC(C#N)NC2CC2)CC1. The molecule has 0 bridgehead atoms. The minimum Gasteiger partial charge on any atom is -0.378 e. The molecule has 3 heteroatoms. The van der Waals surface area contributed by atoms with Crippen molar-refractivity contribution >= 4 is 0 Å². The van der Waals surface area contributed by atoms with Crippen molar-refractivity contribution in [2.45, 2.75) is 77.0 Å². The van der Waals surface area contributed by atoms with Crippen molar-refractivity contribution in [1.29, 1.82) is 5.26 Å². The summed E-state index contributed by atoms with van der Waals surface area (Å²) in [6, 6.07) is 2.92. The van der Waals surface area contributed by atoms with Gasteiger partial charge in [0.05, 0.1) is 18.2 Å². The van der Waals surface area contributed by atoms with Gasteiger partial charge in [-0.3, -0.25) is 5.32 Å². The third-order valence-electron chi connectivity index (χ3n) is 4.22. The third kappa shape index (κ3) is 4.59. The van der Waals surface area contributed by atoms with Crippen LogP contribution in [0.4, 0.5) is 0 Å². The number of hydrogen-bond donors (Lipinski definition) is 1. The molecule has 2 fully saturated rings. The standard InChI is InChI=1S/C15H26N2O/c1-15(2)8-5-14(6-9-15)18-10-7-13(11-16)17-12-3-4-12/h12-14,17H,3-10H2,1-2H3. The van der Waals surface area contributed by atoms with E-state index in [2.05, 4.69) is 25.2 Å². The van der Waals surface area contributed by atoms with Gasteiger partial charge in [0.1, 0.15) is 0 Å². The van der Waals surface area contributed by atoms with Gasteiger partial charge in [-0.05, 0) is 50.4 Å². The van der Waals surface area contributed by atoms with Crippen LogP contribution in [0, 0.1) is 16.7 Å². The van der Waals surface area contributed by atoms with E-state index in [-0.39, 0.29) is 6.04 Å². The minimum atomic E-state index is -0.0162. The summed E-state index contributed by atoms with van der Waals surface area (Å²) in [6.07, 6.45) is 8.61. The molecule has 18 heavy (non-hydrogen) atoms. The van der Waals surface area contributed by atoms with Crippen LogP contribution >= 0.6 is 0 Å². The van der Waals surface area contributed by atoms with Gasteiger partial charge in [0, 0.05) is 12.6 Å². The van der Waals surface area contributed by atoms with Crippen LogP contribution in [0.25, 0.3) is 0 Å². The molecule has 2 saturated carbocycles. The lowest BCUT2D eigenvalue weighted by Crippen LogP contribution is -2.32. The molecule has 1 unspecified atom stereocenters. The molecule has 0 aromatic carbocycles. The largest absolute Gasteiger partial charge is 0.378 e. The van der Waals surface area contributed by atoms with Crippen LogP contribution in [0.1, 0.15) is 58.8 Å². The summed E-state index contributed by atoms with van der Waals surface area (Å²) in [5, 5.41) is 12.4. The van der Waals surface area contributed by atoms with Crippen molar-refractivity contribution < 1.29 is 4.74 Å². The molecular weight excluding hydrogens is 224 g/mol. The highest BCUT2D eigenvalue weighted by Gasteiger charge is 2.28. The molecule has 1 atom stereocenters. The maximum Gasteiger partial charge on any atom is 0.0977 e. The molecule has 1 N–H and O–H groups in total. The number of ether oxygens (including phenoxy) is 1. The van der Waals surface area contributed by atoms with E-state index in [0.717, 1.165) is 13.0 Å². The first-order valence-electron chi connectivity index (χ1n) is 7.36. The predicted octanol–water partition coefficient (Wildman–Crippen LogP) is 3.01. The van der Waals surface area contributed by atoms with Crippen molar-refractivity contribution in [3.8, 4) is 6.07 Å². The van der Waals surface area contributed by atoms with Crippen molar-refractivity contribution in [2.24, 2.45) is 5.41 Å². The molecule has 2 aliphatic rings. The Kier molecular flexibility index (Phi) is 4.64. The van der Waals surface area contributed by atoms with Crippen molar-refractivity contribution in [3.05, 3.63) is 0 Å². The van der Waals surface area contributed by atoms with Crippen LogP contribution in [0.3, 0.4) is 0 Å². The van der Waals surface area contributed by atoms with E-state index in [1.54, 1.807) is 0 Å². The Hall–Kier alpha value is -0.590. The number of nitrogens with one attached hydrogen (secondary N) is 1. The van der Waals surface area contributed by atoms with Crippen LogP contribution in [0.15, 0.2) is 0 Å². The van der Waals surface area contributed by atoms with Crippen molar-refractivity contribution in [2.75, 3.05) is 6.61 Å². The zero-order valence-electron chi connectivity index (χ0n) is 11.7. The van der Waals surface area contributed by atoms with E-state index in [4.69, 9.17) is 10.00 Å². The number of rotatable bonds is 6. The number of hydrogen-bond acceptors (Lipinski definition) is 3. The zero-order chi connectivity index (χ0) is 13.0. The zero-order valence-corrected chi connectivity index (χ0v) is 11.7. The van der Waals surface area contributed by atoms with Gasteiger partial charge < -0.3 is 4.74 Å². The van der Waals surface area contributed by atoms with E-state index in [1.807, 2.05) is 0 Å². The van der Waals surface area contributed by atoms with Gasteiger partial charge in [0.15, 0.2) is 0 Å². The van der Waals surface area contributed by atoms with Crippen LogP contribution in [-0.4, -0.2) is 24.8 Å². The topological polar surface area (TPSA) is 45.0 Å². The second-order valence-corrected chi connectivity index (χ2v) is 6.65. The average molecular weight is 250 g/mol. The van der Waals surface area contributed by atoms with E-state index in [1.165, 1.54) is 38.5 Å². The lowest BCUT2D eigenvalue weighted by atomic mass is 9.76. The van der Waals surface area contributed by atoms with E-state index >= 15 is 0 Å². The van der Waals surface area contributed by atoms with Gasteiger partial charge in [0.2, 0.25) is 0 Å². The Morgan fingerprint density at radius 1 is 1.28 bits per heavy atom. The first-order chi connectivity index (χ1) is 8.59. The fourth-order valence-electron chi connectivity index (χ4n) is 2.61. The number of nitriles is 1. The highest BCUT2D eigenvalue weighted by Crippen LogP contribution is 2.36. The summed E-state index contributed by atoms with van der Waals surface area (Å²) in [4.78, 5) is 0. The summed E-state index contributed by atoms with van der Waals surface area (Å²) in [6.45, 7) is 5.41. The third-order valence-corrected chi connectivity index (χ3v) is 4.22. The summed E-state index contributed by atoms with van der Waals surface area (Å²) in [5.41, 5.74) is 0.503. The Balaban J connectivity index is 1.58. The summed E-state index contributed by atoms with van der Waals surface area (Å²) in [5.74, 6) is 0. The molecule has 3 nitrogen and oxygen atoms in total. The van der Waals surface area contributed by atoms with Gasteiger partial charge in [-0.15, -0.1) is 0 Å². The normalized spacial score (nSPS) is 25.6. The lowest BCUT2D eigenvalue weighted by Gasteiger charge is -2.34. The fourth-order valence-corrected chi connectivity index (χ4v) is 2.61. The fraction of sp³-hybridized carbons (Fsp3) is 0.933. The molecule has 0 saturated heterocycles. The number of nitrogens with zero attached hydrogens (tertiary/aromatic N) is 1. The molecule has 2 aliphatic carbocycles. The minimum absolute atomic E-state index is 0.0162. The van der Waals surface area contributed by atoms with Gasteiger partial charge >= 0.3 is 0 Å². The Bertz CT molecular complexity index is 294. The van der Waals surface area contributed by atoms with Gasteiger partial charge in [-0.1, -0.05) is 13.8 Å². The molecule has 102 valence electrons. The second kappa shape index (κ2) is 6.04. The van der Waals surface area contributed by atoms with Crippen molar-refractivity contribution in [3.63, 3.8) is 0 Å². The van der Waals surface area contributed by atoms with Gasteiger partial charge in [-0.2, -0.15) is 5.26 Å². The summed E-state index contributed by atoms with van der Waals surface area (Å²) >= 11 is 0. The lowest BCUT2D eigenvalue weighted by molar-refractivity contribution is 0.00198. The predicted molar refractivity (Wildman–Crippen MR) is 72.2 cm³/mol. The highest BCUT2D eigenvalue weighted by molar-refractivity contribution is 4.95. The van der Waals surface area contributed by atoms with E-state index < -0.39 is 0 Å². The van der Waals surface area contributed by atoms with Gasteiger partial charge in [0.25, 0.3) is 0 Å². The molecule has 0 spiro atoms. The molecule has 0 radical (unpaired) electrons. The van der Waals surface area contributed by atoms with E-state index in [0.29, 0.717) is 17.6 Å². The molecular formula is C15H26N2O. The molecule has 0 heterocycles. The summed E-state index contributed by atoms with van der Waals surface area (Å²) < 4.78 is 5.92. The van der Waals surface area contributed by atoms with Crippen LogP contribution in [0.5, 0.6) is 0 Å². The second-order valence-electron chi connectivity index (χ2n) is 6.65. The molecule has 0 aromatic rings. The Morgan fingerprint density at radius 3 is 2.50 bits per heavy atom. The quantitative estimate of drug-likeness (QED) is 0.788. The maximum absolute atomic E-state index is 9.04. The van der Waals surface area contributed by atoms with Crippen LogP contribution < -0.4 is 5.32 Å². The Morgan fingerprint density at radius 2 is 1.94 bits per heavy atom. The molecule has 0 aliphatic heterocycles. The average Bonchev–Trinajstić information content (AvgIpc) is 3.14. The summed E-state index contributed by atoms with van der Waals surface area (Å²) in [7, 11) is 0. The van der Waals surface area contributed by atoms with Crippen LogP contribution in [-0.2, 0) is 4.74 Å². The highest BCUT2D eigenvalue weighted by atomic mass is 16.5. The van der Waals surface area contributed by atoms with Crippen molar-refractivity contribution in [1.82, 2.24) is 5.32 Å². The first kappa shape index (κ1) is 13.8. The van der Waals surface area contributed by atoms with E-state index in [9.17, 15) is 0 Å². The van der Waals surface area contributed by atoms with Crippen LogP contribution in [0.2, 0.25) is 0 Å².